The second-order valence-corrected chi connectivity index (χ2v) is 7.50. The molecule has 0 radical (unpaired) electrons. The Bertz CT molecular complexity index is 863. The minimum Gasteiger partial charge on any atom is -0.481 e. The number of hydrogen-bond acceptors (Lipinski definition) is 5. The normalized spacial score (nSPS) is 13.6. The Hall–Kier alpha value is -2.71. The summed E-state index contributed by atoms with van der Waals surface area (Å²) in [4.78, 5) is 23.8. The van der Waals surface area contributed by atoms with Gasteiger partial charge in [-0.2, -0.15) is 8.42 Å². The Labute approximate surface area is 151 Å². The van der Waals surface area contributed by atoms with Gasteiger partial charge in [0.25, 0.3) is 10.1 Å². The van der Waals surface area contributed by atoms with E-state index in [0.29, 0.717) is 11.1 Å². The van der Waals surface area contributed by atoms with Crippen molar-refractivity contribution in [2.24, 2.45) is 0 Å². The van der Waals surface area contributed by atoms with E-state index in [2.05, 4.69) is 0 Å². The molecule has 0 amide bonds. The predicted molar refractivity (Wildman–Crippen MR) is 92.9 cm³/mol. The summed E-state index contributed by atoms with van der Waals surface area (Å²) >= 11 is 0. The number of hydrogen-bond donors (Lipinski definition) is 2. The van der Waals surface area contributed by atoms with Crippen LogP contribution in [0.3, 0.4) is 0 Å². The second kappa shape index (κ2) is 8.11. The highest BCUT2D eigenvalue weighted by Gasteiger charge is 2.53. The van der Waals surface area contributed by atoms with E-state index in [0.717, 1.165) is 0 Å². The van der Waals surface area contributed by atoms with Crippen molar-refractivity contribution in [2.45, 2.75) is 24.2 Å². The standard InChI is InChI=1S/C18H18O7S/c19-16(20)12-18(26(22,23)24,11-14-7-3-1-4-8-14)17(21)25-13-15-9-5-2-6-10-15/h1-10H,11-13H2,(H,19,20)(H,22,23,24). The van der Waals surface area contributed by atoms with Crippen LogP contribution in [0.25, 0.3) is 0 Å². The Morgan fingerprint density at radius 2 is 1.42 bits per heavy atom. The molecule has 26 heavy (non-hydrogen) atoms. The number of carboxylic acid groups (broad SMARTS) is 1. The van der Waals surface area contributed by atoms with Gasteiger partial charge in [-0.15, -0.1) is 0 Å². The van der Waals surface area contributed by atoms with Crippen LogP contribution in [-0.2, 0) is 37.5 Å². The fourth-order valence-electron chi connectivity index (χ4n) is 2.52. The van der Waals surface area contributed by atoms with Gasteiger partial charge >= 0.3 is 11.9 Å². The predicted octanol–water partition coefficient (Wildman–Crippen LogP) is 2.07. The molecule has 2 aromatic carbocycles. The smallest absolute Gasteiger partial charge is 0.331 e. The van der Waals surface area contributed by atoms with E-state index in [4.69, 9.17) is 9.84 Å². The molecule has 0 bridgehead atoms. The van der Waals surface area contributed by atoms with Crippen molar-refractivity contribution in [3.8, 4) is 0 Å². The molecule has 0 aliphatic carbocycles. The van der Waals surface area contributed by atoms with Crippen molar-refractivity contribution in [1.82, 2.24) is 0 Å². The molecule has 0 aromatic heterocycles. The highest BCUT2D eigenvalue weighted by Crippen LogP contribution is 2.29. The highest BCUT2D eigenvalue weighted by atomic mass is 32.2. The van der Waals surface area contributed by atoms with E-state index >= 15 is 0 Å². The Morgan fingerprint density at radius 3 is 1.88 bits per heavy atom. The first-order valence-corrected chi connectivity index (χ1v) is 9.12. The van der Waals surface area contributed by atoms with Crippen LogP contribution >= 0.6 is 0 Å². The molecule has 0 saturated carbocycles. The molecule has 0 heterocycles. The quantitative estimate of drug-likeness (QED) is 0.533. The van der Waals surface area contributed by atoms with E-state index < -0.39 is 39.6 Å². The van der Waals surface area contributed by atoms with Crippen LogP contribution in [0.4, 0.5) is 0 Å². The van der Waals surface area contributed by atoms with Crippen LogP contribution in [0.5, 0.6) is 0 Å². The molecule has 0 spiro atoms. The minimum absolute atomic E-state index is 0.245. The third kappa shape index (κ3) is 4.68. The summed E-state index contributed by atoms with van der Waals surface area (Å²) in [5, 5.41) is 9.14. The zero-order valence-electron chi connectivity index (χ0n) is 13.7. The summed E-state index contributed by atoms with van der Waals surface area (Å²) in [5.74, 6) is -2.86. The number of rotatable bonds is 8. The van der Waals surface area contributed by atoms with Crippen molar-refractivity contribution in [3.63, 3.8) is 0 Å². The van der Waals surface area contributed by atoms with Gasteiger partial charge in [0.2, 0.25) is 4.75 Å². The lowest BCUT2D eigenvalue weighted by Gasteiger charge is -2.27. The van der Waals surface area contributed by atoms with E-state index in [1.165, 1.54) is 12.1 Å². The van der Waals surface area contributed by atoms with E-state index in [9.17, 15) is 22.6 Å². The third-order valence-corrected chi connectivity index (χ3v) is 5.29. The van der Waals surface area contributed by atoms with Gasteiger partial charge in [0, 0.05) is 6.42 Å². The number of ether oxygens (including phenoxy) is 1. The number of aliphatic carboxylic acids is 1. The summed E-state index contributed by atoms with van der Waals surface area (Å²) in [6.07, 6.45) is -1.64. The molecule has 7 nitrogen and oxygen atoms in total. The van der Waals surface area contributed by atoms with Crippen LogP contribution in [0.15, 0.2) is 60.7 Å². The molecule has 2 N–H and O–H groups in total. The van der Waals surface area contributed by atoms with Gasteiger partial charge in [0.15, 0.2) is 0 Å². The van der Waals surface area contributed by atoms with Crippen LogP contribution in [0.2, 0.25) is 0 Å². The first-order valence-electron chi connectivity index (χ1n) is 7.68. The van der Waals surface area contributed by atoms with Crippen molar-refractivity contribution in [2.75, 3.05) is 0 Å². The number of carboxylic acids is 1. The van der Waals surface area contributed by atoms with Gasteiger partial charge in [0.1, 0.15) is 6.61 Å². The average Bonchev–Trinajstić information content (AvgIpc) is 2.59. The van der Waals surface area contributed by atoms with Gasteiger partial charge in [-0.25, -0.2) is 0 Å². The monoisotopic (exact) mass is 378 g/mol. The highest BCUT2D eigenvalue weighted by molar-refractivity contribution is 7.88. The molecule has 1 atom stereocenters. The Kier molecular flexibility index (Phi) is 6.12. The van der Waals surface area contributed by atoms with E-state index in [-0.39, 0.29) is 6.61 Å². The summed E-state index contributed by atoms with van der Waals surface area (Å²) in [5.41, 5.74) is 0.975. The maximum Gasteiger partial charge on any atom is 0.331 e. The molecule has 0 aliphatic heterocycles. The molecular weight excluding hydrogens is 360 g/mol. The Balaban J connectivity index is 2.37. The van der Waals surface area contributed by atoms with E-state index in [1.807, 2.05) is 0 Å². The van der Waals surface area contributed by atoms with Crippen LogP contribution < -0.4 is 0 Å². The molecule has 0 fully saturated rings. The van der Waals surface area contributed by atoms with Gasteiger partial charge < -0.3 is 9.84 Å². The maximum atomic E-state index is 12.6. The fourth-order valence-corrected chi connectivity index (χ4v) is 3.44. The van der Waals surface area contributed by atoms with Crippen LogP contribution in [0, 0.1) is 0 Å². The third-order valence-electron chi connectivity index (χ3n) is 3.85. The number of benzene rings is 2. The molecule has 0 aliphatic rings. The van der Waals surface area contributed by atoms with Gasteiger partial charge in [-0.05, 0) is 11.1 Å². The zero-order chi connectivity index (χ0) is 19.2. The molecular formula is C18H18O7S. The van der Waals surface area contributed by atoms with Crippen molar-refractivity contribution < 1.29 is 32.4 Å². The molecule has 8 heteroatoms. The van der Waals surface area contributed by atoms with Crippen LogP contribution in [0.1, 0.15) is 17.5 Å². The second-order valence-electron chi connectivity index (χ2n) is 5.76. The van der Waals surface area contributed by atoms with Crippen molar-refractivity contribution >= 4 is 22.1 Å². The molecule has 2 aromatic rings. The lowest BCUT2D eigenvalue weighted by atomic mass is 9.95. The zero-order valence-corrected chi connectivity index (χ0v) is 14.6. The SMILES string of the molecule is O=C(O)CC(Cc1ccccc1)(C(=O)OCc1ccccc1)S(=O)(=O)O. The average molecular weight is 378 g/mol. The lowest BCUT2D eigenvalue weighted by molar-refractivity contribution is -0.152. The molecule has 2 rings (SSSR count). The van der Waals surface area contributed by atoms with Crippen molar-refractivity contribution in [3.05, 3.63) is 71.8 Å². The lowest BCUT2D eigenvalue weighted by Crippen LogP contribution is -2.50. The number of esters is 1. The van der Waals surface area contributed by atoms with Crippen molar-refractivity contribution in [1.29, 1.82) is 0 Å². The minimum atomic E-state index is -5.08. The topological polar surface area (TPSA) is 118 Å². The van der Waals surface area contributed by atoms with E-state index in [1.54, 1.807) is 48.5 Å². The fraction of sp³-hybridized carbons (Fsp3) is 0.222. The largest absolute Gasteiger partial charge is 0.481 e. The van der Waals surface area contributed by atoms with Gasteiger partial charge in [-0.3, -0.25) is 14.1 Å². The number of carbonyl (C=O) groups excluding carboxylic acids is 1. The summed E-state index contributed by atoms with van der Waals surface area (Å²) in [6, 6.07) is 16.5. The molecule has 138 valence electrons. The van der Waals surface area contributed by atoms with Gasteiger partial charge in [-0.1, -0.05) is 60.7 Å². The van der Waals surface area contributed by atoms with Gasteiger partial charge in [0.05, 0.1) is 6.42 Å². The summed E-state index contributed by atoms with van der Waals surface area (Å²) in [6.45, 7) is -0.245. The summed E-state index contributed by atoms with van der Waals surface area (Å²) in [7, 11) is -5.08. The van der Waals surface area contributed by atoms with Crippen LogP contribution in [-0.4, -0.2) is 34.8 Å². The molecule has 1 unspecified atom stereocenters. The number of carbonyl (C=O) groups is 2. The molecule has 0 saturated heterocycles. The summed E-state index contributed by atoms with van der Waals surface area (Å²) < 4.78 is 36.2. The Morgan fingerprint density at radius 1 is 0.923 bits per heavy atom. The first-order chi connectivity index (χ1) is 12.2. The maximum absolute atomic E-state index is 12.6. The first kappa shape index (κ1) is 19.6.